The zero-order valence-corrected chi connectivity index (χ0v) is 10.4. The number of para-hydroxylation sites is 1. The molecule has 5 heteroatoms. The average Bonchev–Trinajstić information content (AvgIpc) is 2.38. The van der Waals surface area contributed by atoms with Gasteiger partial charge in [-0.1, -0.05) is 18.2 Å². The van der Waals surface area contributed by atoms with E-state index in [2.05, 4.69) is 0 Å². The summed E-state index contributed by atoms with van der Waals surface area (Å²) >= 11 is 0. The highest BCUT2D eigenvalue weighted by molar-refractivity contribution is 5.20. The summed E-state index contributed by atoms with van der Waals surface area (Å²) in [5.41, 5.74) is 0. The number of aliphatic hydroxyl groups excluding tert-OH is 3. The van der Waals surface area contributed by atoms with Gasteiger partial charge in [0.1, 0.15) is 18.5 Å². The first-order valence-electron chi connectivity index (χ1n) is 6.06. The third-order valence-corrected chi connectivity index (χ3v) is 2.49. The van der Waals surface area contributed by atoms with E-state index in [9.17, 15) is 5.11 Å². The van der Waals surface area contributed by atoms with Crippen molar-refractivity contribution >= 4 is 0 Å². The van der Waals surface area contributed by atoms with Gasteiger partial charge < -0.3 is 20.1 Å². The third-order valence-electron chi connectivity index (χ3n) is 2.49. The topological polar surface area (TPSA) is 73.2 Å². The molecule has 0 amide bonds. The lowest BCUT2D eigenvalue weighted by molar-refractivity contribution is 0.0552. The highest BCUT2D eigenvalue weighted by Gasteiger charge is 2.11. The summed E-state index contributed by atoms with van der Waals surface area (Å²) in [5, 5.41) is 27.5. The highest BCUT2D eigenvalue weighted by atomic mass is 16.5. The van der Waals surface area contributed by atoms with E-state index in [0.29, 0.717) is 25.4 Å². The maximum atomic E-state index is 9.80. The number of rotatable bonds is 9. The smallest absolute Gasteiger partial charge is 0.119 e. The Bertz CT molecular complexity index is 301. The molecule has 0 bridgehead atoms. The molecular weight excluding hydrogens is 234 g/mol. The molecule has 5 nitrogen and oxygen atoms in total. The first-order chi connectivity index (χ1) is 8.76. The Labute approximate surface area is 107 Å². The second kappa shape index (κ2) is 8.88. The monoisotopic (exact) mass is 255 g/mol. The number of ether oxygens (including phenoxy) is 1. The van der Waals surface area contributed by atoms with Gasteiger partial charge in [-0.25, -0.2) is 0 Å². The average molecular weight is 255 g/mol. The van der Waals surface area contributed by atoms with E-state index in [1.54, 1.807) is 4.90 Å². The Kier molecular flexibility index (Phi) is 7.36. The highest BCUT2D eigenvalue weighted by Crippen LogP contribution is 2.08. The molecule has 1 atom stereocenters. The van der Waals surface area contributed by atoms with Crippen LogP contribution in [0.5, 0.6) is 5.75 Å². The Morgan fingerprint density at radius 3 is 2.22 bits per heavy atom. The quantitative estimate of drug-likeness (QED) is 0.565. The molecule has 1 unspecified atom stereocenters. The van der Waals surface area contributed by atoms with Gasteiger partial charge in [0.25, 0.3) is 0 Å². The molecule has 0 aliphatic heterocycles. The molecule has 0 saturated carbocycles. The molecule has 0 aliphatic carbocycles. The Hall–Kier alpha value is -1.14. The van der Waals surface area contributed by atoms with E-state index in [1.807, 2.05) is 30.3 Å². The van der Waals surface area contributed by atoms with Crippen LogP contribution in [0, 0.1) is 0 Å². The second-order valence-corrected chi connectivity index (χ2v) is 4.03. The lowest BCUT2D eigenvalue weighted by Gasteiger charge is -2.23. The van der Waals surface area contributed by atoms with Gasteiger partial charge in [-0.2, -0.15) is 0 Å². The molecule has 1 aromatic carbocycles. The van der Waals surface area contributed by atoms with Crippen LogP contribution in [0.2, 0.25) is 0 Å². The Morgan fingerprint density at radius 1 is 1.06 bits per heavy atom. The van der Waals surface area contributed by atoms with Gasteiger partial charge in [0.15, 0.2) is 0 Å². The van der Waals surface area contributed by atoms with Crippen molar-refractivity contribution in [1.29, 1.82) is 0 Å². The van der Waals surface area contributed by atoms with E-state index < -0.39 is 6.10 Å². The SMILES string of the molecule is OCCN(CCO)CC(O)COc1ccccc1. The number of nitrogens with zero attached hydrogens (tertiary/aromatic N) is 1. The van der Waals surface area contributed by atoms with Crippen LogP contribution in [0.1, 0.15) is 0 Å². The molecule has 0 fully saturated rings. The minimum atomic E-state index is -0.650. The standard InChI is InChI=1S/C13H21NO4/c15-8-6-14(7-9-16)10-12(17)11-18-13-4-2-1-3-5-13/h1-5,12,15-17H,6-11H2. The minimum absolute atomic E-state index is 0.00621. The van der Waals surface area contributed by atoms with Gasteiger partial charge in [0.2, 0.25) is 0 Å². The maximum absolute atomic E-state index is 9.80. The summed E-state index contributed by atoms with van der Waals surface area (Å²) in [7, 11) is 0. The summed E-state index contributed by atoms with van der Waals surface area (Å²) in [4.78, 5) is 1.79. The minimum Gasteiger partial charge on any atom is -0.491 e. The zero-order valence-electron chi connectivity index (χ0n) is 10.4. The molecule has 0 radical (unpaired) electrons. The van der Waals surface area contributed by atoms with Crippen molar-refractivity contribution in [3.05, 3.63) is 30.3 Å². The van der Waals surface area contributed by atoms with Gasteiger partial charge in [-0.05, 0) is 12.1 Å². The van der Waals surface area contributed by atoms with Crippen molar-refractivity contribution in [2.24, 2.45) is 0 Å². The lowest BCUT2D eigenvalue weighted by atomic mass is 10.3. The molecule has 18 heavy (non-hydrogen) atoms. The fourth-order valence-corrected chi connectivity index (χ4v) is 1.64. The van der Waals surface area contributed by atoms with Crippen LogP contribution in [0.25, 0.3) is 0 Å². The van der Waals surface area contributed by atoms with Gasteiger partial charge in [-0.15, -0.1) is 0 Å². The second-order valence-electron chi connectivity index (χ2n) is 4.03. The Morgan fingerprint density at radius 2 is 1.67 bits per heavy atom. The summed E-state index contributed by atoms with van der Waals surface area (Å²) < 4.78 is 5.42. The Balaban J connectivity index is 2.29. The number of benzene rings is 1. The molecule has 0 heterocycles. The molecule has 0 spiro atoms. The van der Waals surface area contributed by atoms with Crippen molar-refractivity contribution in [3.63, 3.8) is 0 Å². The largest absolute Gasteiger partial charge is 0.491 e. The van der Waals surface area contributed by atoms with E-state index in [-0.39, 0.29) is 19.8 Å². The van der Waals surface area contributed by atoms with Crippen LogP contribution in [0.15, 0.2) is 30.3 Å². The van der Waals surface area contributed by atoms with Crippen molar-refractivity contribution in [2.75, 3.05) is 39.5 Å². The van der Waals surface area contributed by atoms with Gasteiger partial charge >= 0.3 is 0 Å². The van der Waals surface area contributed by atoms with E-state index in [4.69, 9.17) is 14.9 Å². The van der Waals surface area contributed by atoms with Crippen molar-refractivity contribution < 1.29 is 20.1 Å². The summed E-state index contributed by atoms with van der Waals surface area (Å²) in [5.74, 6) is 0.715. The lowest BCUT2D eigenvalue weighted by Crippen LogP contribution is -2.38. The summed E-state index contributed by atoms with van der Waals surface area (Å²) in [6.45, 7) is 1.44. The first kappa shape index (κ1) is 14.9. The fourth-order valence-electron chi connectivity index (χ4n) is 1.64. The molecular formula is C13H21NO4. The van der Waals surface area contributed by atoms with E-state index in [1.165, 1.54) is 0 Å². The zero-order chi connectivity index (χ0) is 13.2. The number of hydrogen-bond acceptors (Lipinski definition) is 5. The summed E-state index contributed by atoms with van der Waals surface area (Å²) in [6, 6.07) is 9.28. The van der Waals surface area contributed by atoms with Crippen LogP contribution in [0.4, 0.5) is 0 Å². The maximum Gasteiger partial charge on any atom is 0.119 e. The predicted molar refractivity (Wildman–Crippen MR) is 68.6 cm³/mol. The molecule has 0 saturated heterocycles. The molecule has 1 aromatic rings. The van der Waals surface area contributed by atoms with Crippen molar-refractivity contribution in [3.8, 4) is 5.75 Å². The van der Waals surface area contributed by atoms with Gasteiger partial charge in [-0.3, -0.25) is 4.90 Å². The molecule has 102 valence electrons. The molecule has 3 N–H and O–H groups in total. The summed E-state index contributed by atoms with van der Waals surface area (Å²) in [6.07, 6.45) is -0.650. The predicted octanol–water partition coefficient (Wildman–Crippen LogP) is -0.287. The van der Waals surface area contributed by atoms with E-state index in [0.717, 1.165) is 0 Å². The van der Waals surface area contributed by atoms with Crippen molar-refractivity contribution in [2.45, 2.75) is 6.10 Å². The normalized spacial score (nSPS) is 12.7. The van der Waals surface area contributed by atoms with Crippen LogP contribution in [-0.2, 0) is 0 Å². The van der Waals surface area contributed by atoms with Crippen LogP contribution < -0.4 is 4.74 Å². The van der Waals surface area contributed by atoms with Crippen LogP contribution >= 0.6 is 0 Å². The first-order valence-corrected chi connectivity index (χ1v) is 6.06. The third kappa shape index (κ3) is 5.97. The molecule has 0 aliphatic rings. The van der Waals surface area contributed by atoms with Gasteiger partial charge in [0, 0.05) is 19.6 Å². The number of aliphatic hydroxyl groups is 3. The van der Waals surface area contributed by atoms with Crippen LogP contribution in [-0.4, -0.2) is 65.8 Å². The fraction of sp³-hybridized carbons (Fsp3) is 0.538. The van der Waals surface area contributed by atoms with E-state index >= 15 is 0 Å². The van der Waals surface area contributed by atoms with Crippen LogP contribution in [0.3, 0.4) is 0 Å². The van der Waals surface area contributed by atoms with Crippen molar-refractivity contribution in [1.82, 2.24) is 4.90 Å². The molecule has 0 aromatic heterocycles. The molecule has 1 rings (SSSR count). The number of hydrogen-bond donors (Lipinski definition) is 3. The van der Waals surface area contributed by atoms with Gasteiger partial charge in [0.05, 0.1) is 13.2 Å².